The molecule has 6 rings (SSSR count). The molecule has 0 aromatic carbocycles. The molecule has 3 heterocycles. The van der Waals surface area contributed by atoms with Crippen molar-refractivity contribution in [1.82, 2.24) is 14.6 Å². The quantitative estimate of drug-likeness (QED) is 0.672. The molecule has 3 aliphatic carbocycles. The Hall–Kier alpha value is -3.17. The van der Waals surface area contributed by atoms with Crippen LogP contribution in [-0.2, 0) is 0 Å². The maximum Gasteiger partial charge on any atom is 0.101 e. The zero-order valence-electron chi connectivity index (χ0n) is 17.1. The van der Waals surface area contributed by atoms with Crippen LogP contribution in [0.25, 0.3) is 22.5 Å². The van der Waals surface area contributed by atoms with Gasteiger partial charge in [-0.25, -0.2) is 4.52 Å². The van der Waals surface area contributed by atoms with E-state index < -0.39 is 5.60 Å². The van der Waals surface area contributed by atoms with Crippen LogP contribution in [-0.4, -0.2) is 30.8 Å². The number of rotatable bonds is 4. The van der Waals surface area contributed by atoms with Gasteiger partial charge in [-0.3, -0.25) is 4.98 Å². The van der Waals surface area contributed by atoms with E-state index >= 15 is 0 Å². The highest BCUT2D eigenvalue weighted by molar-refractivity contribution is 5.78. The predicted molar refractivity (Wildman–Crippen MR) is 117 cm³/mol. The Kier molecular flexibility index (Phi) is 4.19. The van der Waals surface area contributed by atoms with E-state index in [1.807, 2.05) is 35.8 Å². The highest BCUT2D eigenvalue weighted by Crippen LogP contribution is 2.48. The average Bonchev–Trinajstić information content (AvgIpc) is 3.18. The number of pyridine rings is 1. The highest BCUT2D eigenvalue weighted by atomic mass is 16.3. The van der Waals surface area contributed by atoms with Crippen LogP contribution in [0.15, 0.2) is 43.2 Å². The molecule has 0 amide bonds. The molecule has 0 atom stereocenters. The van der Waals surface area contributed by atoms with Crippen molar-refractivity contribution in [3.05, 3.63) is 54.4 Å². The molecule has 0 unspecified atom stereocenters. The van der Waals surface area contributed by atoms with Crippen molar-refractivity contribution in [2.75, 3.05) is 5.32 Å². The third kappa shape index (κ3) is 3.06. The number of hydrogen-bond acceptors (Lipinski definition) is 5. The standard InChI is InChI=1S/C24H25N5O/c1-16(2)19-15-26-21(22-4-3-18-11-17(13-25)14-27-29(18)22)12-20(19)28-23-5-8-24(30,9-6-23)10-7-23/h3-4,11-12,14-15,30H,1,5-10H2,2H3,(H,26,28). The third-order valence-corrected chi connectivity index (χ3v) is 6.86. The number of allylic oxidation sites excluding steroid dienone is 1. The number of nitriles is 1. The SMILES string of the molecule is C=C(C)c1cnc(-c2ccc3cc(C#N)cnn23)cc1NC12CCC(O)(CC1)CC2. The zero-order chi connectivity index (χ0) is 20.9. The maximum atomic E-state index is 10.6. The van der Waals surface area contributed by atoms with Gasteiger partial charge in [-0.05, 0) is 75.3 Å². The summed E-state index contributed by atoms with van der Waals surface area (Å²) >= 11 is 0. The first kappa shape index (κ1) is 18.8. The molecule has 6 nitrogen and oxygen atoms in total. The summed E-state index contributed by atoms with van der Waals surface area (Å²) in [6.45, 7) is 6.14. The number of nitrogens with zero attached hydrogens (tertiary/aromatic N) is 4. The van der Waals surface area contributed by atoms with E-state index in [0.29, 0.717) is 5.56 Å². The largest absolute Gasteiger partial charge is 0.390 e. The van der Waals surface area contributed by atoms with E-state index in [2.05, 4.69) is 29.1 Å². The van der Waals surface area contributed by atoms with Gasteiger partial charge >= 0.3 is 0 Å². The van der Waals surface area contributed by atoms with Crippen LogP contribution in [0.2, 0.25) is 0 Å². The number of aromatic nitrogens is 3. The predicted octanol–water partition coefficient (Wildman–Crippen LogP) is 4.55. The summed E-state index contributed by atoms with van der Waals surface area (Å²) in [5, 5.41) is 27.9. The first-order chi connectivity index (χ1) is 14.4. The Morgan fingerprint density at radius 3 is 2.57 bits per heavy atom. The summed E-state index contributed by atoms with van der Waals surface area (Å²) < 4.78 is 1.81. The second-order valence-electron chi connectivity index (χ2n) is 8.94. The Morgan fingerprint density at radius 1 is 1.17 bits per heavy atom. The lowest BCUT2D eigenvalue weighted by Gasteiger charge is -2.51. The van der Waals surface area contributed by atoms with Crippen molar-refractivity contribution in [2.45, 2.75) is 56.6 Å². The maximum absolute atomic E-state index is 10.6. The Balaban J connectivity index is 1.55. The monoisotopic (exact) mass is 399 g/mol. The van der Waals surface area contributed by atoms with Gasteiger partial charge in [0.2, 0.25) is 0 Å². The van der Waals surface area contributed by atoms with Gasteiger partial charge in [0.05, 0.1) is 34.3 Å². The minimum atomic E-state index is -0.456. The van der Waals surface area contributed by atoms with Crippen molar-refractivity contribution in [1.29, 1.82) is 5.26 Å². The lowest BCUT2D eigenvalue weighted by atomic mass is 9.63. The molecule has 0 saturated heterocycles. The van der Waals surface area contributed by atoms with Gasteiger partial charge in [-0.15, -0.1) is 0 Å². The summed E-state index contributed by atoms with van der Waals surface area (Å²) in [4.78, 5) is 4.69. The molecular weight excluding hydrogens is 374 g/mol. The molecule has 6 heteroatoms. The van der Waals surface area contributed by atoms with Crippen LogP contribution in [0.4, 0.5) is 5.69 Å². The molecule has 2 N–H and O–H groups in total. The Labute approximate surface area is 175 Å². The minimum absolute atomic E-state index is 0.0223. The van der Waals surface area contributed by atoms with E-state index in [0.717, 1.165) is 72.3 Å². The van der Waals surface area contributed by atoms with Crippen LogP contribution in [0, 0.1) is 11.3 Å². The van der Waals surface area contributed by atoms with Crippen LogP contribution in [0.5, 0.6) is 0 Å². The van der Waals surface area contributed by atoms with Crippen molar-refractivity contribution < 1.29 is 5.11 Å². The second kappa shape index (κ2) is 6.68. The molecule has 0 aliphatic heterocycles. The smallest absolute Gasteiger partial charge is 0.101 e. The van der Waals surface area contributed by atoms with Crippen LogP contribution < -0.4 is 5.32 Å². The van der Waals surface area contributed by atoms with E-state index in [4.69, 9.17) is 10.2 Å². The van der Waals surface area contributed by atoms with Crippen LogP contribution >= 0.6 is 0 Å². The van der Waals surface area contributed by atoms with Crippen molar-refractivity contribution in [2.24, 2.45) is 0 Å². The molecular formula is C24H25N5O. The fourth-order valence-electron chi connectivity index (χ4n) is 4.93. The molecule has 0 spiro atoms. The molecule has 3 aromatic heterocycles. The van der Waals surface area contributed by atoms with Crippen molar-refractivity contribution in [3.63, 3.8) is 0 Å². The van der Waals surface area contributed by atoms with Crippen LogP contribution in [0.1, 0.15) is 56.6 Å². The molecule has 3 aromatic rings. The average molecular weight is 399 g/mol. The van der Waals surface area contributed by atoms with Crippen molar-refractivity contribution >= 4 is 16.8 Å². The normalized spacial score (nSPS) is 25.2. The molecule has 3 saturated carbocycles. The molecule has 3 aliphatic rings. The van der Waals surface area contributed by atoms with Gasteiger partial charge in [0.1, 0.15) is 6.07 Å². The highest BCUT2D eigenvalue weighted by Gasteiger charge is 2.47. The number of nitrogens with one attached hydrogen (secondary N) is 1. The number of fused-ring (bicyclic) bond motifs is 4. The molecule has 0 radical (unpaired) electrons. The first-order valence-corrected chi connectivity index (χ1v) is 10.5. The van der Waals surface area contributed by atoms with Gasteiger partial charge in [0.25, 0.3) is 0 Å². The molecule has 3 fully saturated rings. The van der Waals surface area contributed by atoms with Crippen LogP contribution in [0.3, 0.4) is 0 Å². The number of anilines is 1. The fourth-order valence-corrected chi connectivity index (χ4v) is 4.93. The van der Waals surface area contributed by atoms with Gasteiger partial charge in [-0.1, -0.05) is 6.58 Å². The summed E-state index contributed by atoms with van der Waals surface area (Å²) in [5.74, 6) is 0. The summed E-state index contributed by atoms with van der Waals surface area (Å²) in [6.07, 6.45) is 8.94. The van der Waals surface area contributed by atoms with Crippen molar-refractivity contribution in [3.8, 4) is 17.5 Å². The fraction of sp³-hybridized carbons (Fsp3) is 0.375. The Bertz CT molecular complexity index is 1180. The third-order valence-electron chi connectivity index (χ3n) is 6.86. The van der Waals surface area contributed by atoms with E-state index in [1.165, 1.54) is 0 Å². The topological polar surface area (TPSA) is 86.2 Å². The molecule has 2 bridgehead atoms. The number of hydrogen-bond donors (Lipinski definition) is 2. The lowest BCUT2D eigenvalue weighted by molar-refractivity contribution is -0.0580. The Morgan fingerprint density at radius 2 is 1.90 bits per heavy atom. The summed E-state index contributed by atoms with van der Waals surface area (Å²) in [7, 11) is 0. The van der Waals surface area contributed by atoms with Gasteiger partial charge in [0.15, 0.2) is 0 Å². The minimum Gasteiger partial charge on any atom is -0.390 e. The summed E-state index contributed by atoms with van der Waals surface area (Å²) in [5.41, 5.74) is 5.67. The molecule has 30 heavy (non-hydrogen) atoms. The van der Waals surface area contributed by atoms with E-state index in [1.54, 1.807) is 6.20 Å². The van der Waals surface area contributed by atoms with Gasteiger partial charge in [0, 0.05) is 23.0 Å². The van der Waals surface area contributed by atoms with Gasteiger partial charge < -0.3 is 10.4 Å². The van der Waals surface area contributed by atoms with Gasteiger partial charge in [-0.2, -0.15) is 10.4 Å². The lowest BCUT2D eigenvalue weighted by Crippen LogP contribution is -2.53. The van der Waals surface area contributed by atoms with E-state index in [9.17, 15) is 5.11 Å². The first-order valence-electron chi connectivity index (χ1n) is 10.5. The van der Waals surface area contributed by atoms with E-state index in [-0.39, 0.29) is 5.54 Å². The summed E-state index contributed by atoms with van der Waals surface area (Å²) in [6, 6.07) is 9.96. The number of aliphatic hydroxyl groups is 1. The zero-order valence-corrected chi connectivity index (χ0v) is 17.1. The molecule has 152 valence electrons. The second-order valence-corrected chi connectivity index (χ2v) is 8.94.